The summed E-state index contributed by atoms with van der Waals surface area (Å²) >= 11 is 0. The first-order chi connectivity index (χ1) is 12.1. The highest BCUT2D eigenvalue weighted by molar-refractivity contribution is 5.81. The molecule has 1 atom stereocenters. The van der Waals surface area contributed by atoms with E-state index in [1.165, 1.54) is 0 Å². The van der Waals surface area contributed by atoms with E-state index < -0.39 is 29.7 Å². The Kier molecular flexibility index (Phi) is 7.83. The van der Waals surface area contributed by atoms with Gasteiger partial charge in [-0.25, -0.2) is 9.59 Å². The maximum absolute atomic E-state index is 11.9. The highest BCUT2D eigenvalue weighted by Gasteiger charge is 2.24. The molecule has 0 aliphatic carbocycles. The van der Waals surface area contributed by atoms with E-state index in [2.05, 4.69) is 11.9 Å². The maximum atomic E-state index is 11.9. The normalized spacial score (nSPS) is 12.0. The van der Waals surface area contributed by atoms with Crippen LogP contribution in [0, 0.1) is 0 Å². The van der Waals surface area contributed by atoms with Gasteiger partial charge in [0.1, 0.15) is 17.4 Å². The molecule has 0 saturated heterocycles. The van der Waals surface area contributed by atoms with E-state index in [0.29, 0.717) is 6.42 Å². The van der Waals surface area contributed by atoms with Crippen LogP contribution in [-0.4, -0.2) is 34.8 Å². The number of carbonyl (C=O) groups excluding carboxylic acids is 2. The molecule has 0 fully saturated rings. The summed E-state index contributed by atoms with van der Waals surface area (Å²) in [6, 6.07) is 8.12. The van der Waals surface area contributed by atoms with Gasteiger partial charge < -0.3 is 19.9 Å². The van der Waals surface area contributed by atoms with Gasteiger partial charge in [-0.3, -0.25) is 4.79 Å². The summed E-state index contributed by atoms with van der Waals surface area (Å²) in [7, 11) is 0. The first-order valence-corrected chi connectivity index (χ1v) is 8.21. The topological polar surface area (TPSA) is 102 Å². The number of carboxylic acid groups (broad SMARTS) is 1. The molecule has 26 heavy (non-hydrogen) atoms. The summed E-state index contributed by atoms with van der Waals surface area (Å²) < 4.78 is 10.1. The SMILES string of the molecule is C=C(Cc1ccccc1)OC(=O)CC[C@H](NC(=O)OC(C)(C)C)C(=O)O. The number of aliphatic carboxylic acids is 1. The highest BCUT2D eigenvalue weighted by atomic mass is 16.6. The second-order valence-electron chi connectivity index (χ2n) is 6.75. The molecule has 7 heteroatoms. The number of benzene rings is 1. The number of hydrogen-bond donors (Lipinski definition) is 2. The lowest BCUT2D eigenvalue weighted by atomic mass is 10.1. The van der Waals surface area contributed by atoms with Crippen LogP contribution in [-0.2, 0) is 25.5 Å². The molecule has 1 rings (SSSR count). The Hall–Kier alpha value is -2.83. The Morgan fingerprint density at radius 3 is 2.35 bits per heavy atom. The Balaban J connectivity index is 2.45. The smallest absolute Gasteiger partial charge is 0.408 e. The Morgan fingerprint density at radius 1 is 1.19 bits per heavy atom. The zero-order chi connectivity index (χ0) is 19.7. The van der Waals surface area contributed by atoms with Crippen molar-refractivity contribution >= 4 is 18.0 Å². The molecule has 1 amide bonds. The van der Waals surface area contributed by atoms with Crippen LogP contribution in [0.5, 0.6) is 0 Å². The van der Waals surface area contributed by atoms with Gasteiger partial charge in [0.25, 0.3) is 0 Å². The van der Waals surface area contributed by atoms with E-state index in [1.807, 2.05) is 30.3 Å². The molecule has 0 spiro atoms. The molecule has 0 radical (unpaired) electrons. The van der Waals surface area contributed by atoms with Crippen molar-refractivity contribution in [1.29, 1.82) is 0 Å². The summed E-state index contributed by atoms with van der Waals surface area (Å²) in [5.74, 6) is -1.59. The predicted molar refractivity (Wildman–Crippen MR) is 95.4 cm³/mol. The van der Waals surface area contributed by atoms with Crippen molar-refractivity contribution < 1.29 is 29.0 Å². The van der Waals surface area contributed by atoms with E-state index in [9.17, 15) is 19.5 Å². The van der Waals surface area contributed by atoms with E-state index in [1.54, 1.807) is 20.8 Å². The van der Waals surface area contributed by atoms with E-state index in [-0.39, 0.29) is 18.6 Å². The fourth-order valence-corrected chi connectivity index (χ4v) is 2.04. The zero-order valence-electron chi connectivity index (χ0n) is 15.3. The van der Waals surface area contributed by atoms with Crippen molar-refractivity contribution in [3.05, 3.63) is 48.2 Å². The molecule has 142 valence electrons. The molecule has 0 bridgehead atoms. The standard InChI is InChI=1S/C19H25NO6/c1-13(12-14-8-6-5-7-9-14)25-16(21)11-10-15(17(22)23)20-18(24)26-19(2,3)4/h5-9,15H,1,10-12H2,2-4H3,(H,20,24)(H,22,23)/t15-/m0/s1. The Morgan fingerprint density at radius 2 is 1.81 bits per heavy atom. The lowest BCUT2D eigenvalue weighted by molar-refractivity contribution is -0.141. The Bertz CT molecular complexity index is 648. The number of alkyl carbamates (subject to hydrolysis) is 1. The third-order valence-electron chi connectivity index (χ3n) is 3.13. The quantitative estimate of drug-likeness (QED) is 0.544. The number of ether oxygens (including phenoxy) is 2. The van der Waals surface area contributed by atoms with Gasteiger partial charge in [0.05, 0.1) is 0 Å². The van der Waals surface area contributed by atoms with Gasteiger partial charge >= 0.3 is 18.0 Å². The van der Waals surface area contributed by atoms with Gasteiger partial charge in [0, 0.05) is 12.8 Å². The number of rotatable bonds is 8. The van der Waals surface area contributed by atoms with Gasteiger partial charge in [-0.1, -0.05) is 36.9 Å². The fourth-order valence-electron chi connectivity index (χ4n) is 2.04. The van der Waals surface area contributed by atoms with Crippen molar-refractivity contribution in [1.82, 2.24) is 5.32 Å². The van der Waals surface area contributed by atoms with E-state index in [0.717, 1.165) is 5.56 Å². The van der Waals surface area contributed by atoms with Crippen LogP contribution in [0.1, 0.15) is 39.2 Å². The molecule has 0 aliphatic rings. The summed E-state index contributed by atoms with van der Waals surface area (Å²) in [6.07, 6.45) is -0.774. The lowest BCUT2D eigenvalue weighted by Crippen LogP contribution is -2.43. The summed E-state index contributed by atoms with van der Waals surface area (Å²) in [5.41, 5.74) is 0.196. The van der Waals surface area contributed by atoms with Crippen LogP contribution in [0.15, 0.2) is 42.7 Å². The number of hydrogen-bond acceptors (Lipinski definition) is 5. The van der Waals surface area contributed by atoms with E-state index in [4.69, 9.17) is 9.47 Å². The summed E-state index contributed by atoms with van der Waals surface area (Å²) in [5, 5.41) is 11.4. The van der Waals surface area contributed by atoms with Crippen molar-refractivity contribution in [2.45, 2.75) is 51.7 Å². The van der Waals surface area contributed by atoms with Crippen molar-refractivity contribution in [2.24, 2.45) is 0 Å². The molecule has 0 saturated carbocycles. The number of allylic oxidation sites excluding steroid dienone is 1. The van der Waals surface area contributed by atoms with Crippen LogP contribution >= 0.6 is 0 Å². The summed E-state index contributed by atoms with van der Waals surface area (Å²) in [4.78, 5) is 34.8. The molecule has 0 unspecified atom stereocenters. The first-order valence-electron chi connectivity index (χ1n) is 8.21. The predicted octanol–water partition coefficient (Wildman–Crippen LogP) is 3.04. The molecule has 7 nitrogen and oxygen atoms in total. The first kappa shape index (κ1) is 21.2. The van der Waals surface area contributed by atoms with Crippen molar-refractivity contribution in [2.75, 3.05) is 0 Å². The number of carboxylic acids is 1. The third-order valence-corrected chi connectivity index (χ3v) is 3.13. The van der Waals surface area contributed by atoms with Crippen LogP contribution in [0.4, 0.5) is 4.79 Å². The largest absolute Gasteiger partial charge is 0.480 e. The third kappa shape index (κ3) is 8.86. The van der Waals surface area contributed by atoms with Crippen molar-refractivity contribution in [3.8, 4) is 0 Å². The van der Waals surface area contributed by atoms with Crippen LogP contribution in [0.25, 0.3) is 0 Å². The number of nitrogens with one attached hydrogen (secondary N) is 1. The minimum atomic E-state index is -1.26. The number of amides is 1. The lowest BCUT2D eigenvalue weighted by Gasteiger charge is -2.21. The highest BCUT2D eigenvalue weighted by Crippen LogP contribution is 2.11. The monoisotopic (exact) mass is 363 g/mol. The van der Waals surface area contributed by atoms with Gasteiger partial charge in [0.2, 0.25) is 0 Å². The Labute approximate surface area is 153 Å². The average molecular weight is 363 g/mol. The minimum absolute atomic E-state index is 0.119. The van der Waals surface area contributed by atoms with Crippen LogP contribution in [0.2, 0.25) is 0 Å². The molecule has 0 heterocycles. The second-order valence-corrected chi connectivity index (χ2v) is 6.75. The molecule has 1 aromatic rings. The fraction of sp³-hybridized carbons (Fsp3) is 0.421. The van der Waals surface area contributed by atoms with Crippen molar-refractivity contribution in [3.63, 3.8) is 0 Å². The van der Waals surface area contributed by atoms with Gasteiger partial charge in [0.15, 0.2) is 0 Å². The molecule has 0 aromatic heterocycles. The summed E-state index contributed by atoms with van der Waals surface area (Å²) in [6.45, 7) is 8.69. The van der Waals surface area contributed by atoms with Gasteiger partial charge in [-0.05, 0) is 32.8 Å². The maximum Gasteiger partial charge on any atom is 0.408 e. The second kappa shape index (κ2) is 9.60. The molecule has 2 N–H and O–H groups in total. The van der Waals surface area contributed by atoms with Gasteiger partial charge in [-0.2, -0.15) is 0 Å². The number of esters is 1. The van der Waals surface area contributed by atoms with Crippen LogP contribution < -0.4 is 5.32 Å². The molecular weight excluding hydrogens is 338 g/mol. The zero-order valence-corrected chi connectivity index (χ0v) is 15.3. The molecule has 0 aliphatic heterocycles. The van der Waals surface area contributed by atoms with Gasteiger partial charge in [-0.15, -0.1) is 0 Å². The van der Waals surface area contributed by atoms with Crippen LogP contribution in [0.3, 0.4) is 0 Å². The average Bonchev–Trinajstić information content (AvgIpc) is 2.50. The van der Waals surface area contributed by atoms with E-state index >= 15 is 0 Å². The molecular formula is C19H25NO6. The number of carbonyl (C=O) groups is 3. The molecule has 1 aromatic carbocycles. The minimum Gasteiger partial charge on any atom is -0.480 e.